The number of nitrogens with zero attached hydrogens (tertiary/aromatic N) is 1. The maximum absolute atomic E-state index is 12.4. The molecule has 1 N–H and O–H groups in total. The van der Waals surface area contributed by atoms with Crippen LogP contribution in [0, 0.1) is 6.92 Å². The molecule has 0 saturated heterocycles. The van der Waals surface area contributed by atoms with E-state index in [4.69, 9.17) is 0 Å². The Hall–Kier alpha value is -1.87. The summed E-state index contributed by atoms with van der Waals surface area (Å²) in [7, 11) is -4.61. The standard InChI is InChI=1S/C13H12F2N2O3S2/c1-8-7-16-13(21-8)17-11(18)6-9-2-4-10(5-3-9)22(19,20)12(14)15/h2-5,7,12H,6H2,1H3,(H,16,17,18). The highest BCUT2D eigenvalue weighted by Gasteiger charge is 2.26. The fourth-order valence-electron chi connectivity index (χ4n) is 1.66. The number of sulfone groups is 1. The first kappa shape index (κ1) is 16.5. The average Bonchev–Trinajstić information content (AvgIpc) is 2.84. The number of aromatic nitrogens is 1. The highest BCUT2D eigenvalue weighted by Crippen LogP contribution is 2.19. The minimum atomic E-state index is -4.61. The highest BCUT2D eigenvalue weighted by atomic mass is 32.2. The van der Waals surface area contributed by atoms with Gasteiger partial charge < -0.3 is 5.32 Å². The number of amides is 1. The predicted octanol–water partition coefficient (Wildman–Crippen LogP) is 2.63. The van der Waals surface area contributed by atoms with Crippen molar-refractivity contribution < 1.29 is 22.0 Å². The number of hydrogen-bond acceptors (Lipinski definition) is 5. The lowest BCUT2D eigenvalue weighted by Gasteiger charge is -2.05. The largest absolute Gasteiger partial charge is 0.341 e. The number of halogens is 2. The minimum absolute atomic E-state index is 0.00632. The van der Waals surface area contributed by atoms with Crippen LogP contribution < -0.4 is 5.32 Å². The van der Waals surface area contributed by atoms with Crippen LogP contribution in [0.2, 0.25) is 0 Å². The Balaban J connectivity index is 2.04. The Kier molecular flexibility index (Phi) is 4.87. The molecule has 0 saturated carbocycles. The second-order valence-corrected chi connectivity index (χ2v) is 7.60. The third-order valence-corrected chi connectivity index (χ3v) is 4.95. The van der Waals surface area contributed by atoms with Gasteiger partial charge in [0, 0.05) is 11.1 Å². The first-order valence-electron chi connectivity index (χ1n) is 6.12. The second kappa shape index (κ2) is 6.49. The molecule has 22 heavy (non-hydrogen) atoms. The fraction of sp³-hybridized carbons (Fsp3) is 0.231. The van der Waals surface area contributed by atoms with Gasteiger partial charge in [-0.1, -0.05) is 12.1 Å². The average molecular weight is 346 g/mol. The van der Waals surface area contributed by atoms with Crippen LogP contribution in [0.1, 0.15) is 10.4 Å². The number of carbonyl (C=O) groups is 1. The van der Waals surface area contributed by atoms with E-state index in [1.807, 2.05) is 6.92 Å². The smallest absolute Gasteiger partial charge is 0.302 e. The number of alkyl halides is 2. The number of carbonyl (C=O) groups excluding carboxylic acids is 1. The molecule has 5 nitrogen and oxygen atoms in total. The number of hydrogen-bond donors (Lipinski definition) is 1. The second-order valence-electron chi connectivity index (χ2n) is 4.45. The van der Waals surface area contributed by atoms with E-state index in [-0.39, 0.29) is 12.3 Å². The van der Waals surface area contributed by atoms with Gasteiger partial charge in [-0.05, 0) is 24.6 Å². The topological polar surface area (TPSA) is 76.1 Å². The third-order valence-electron chi connectivity index (χ3n) is 2.72. The van der Waals surface area contributed by atoms with Gasteiger partial charge in [0.1, 0.15) is 0 Å². The zero-order valence-electron chi connectivity index (χ0n) is 11.4. The maximum atomic E-state index is 12.4. The molecule has 1 heterocycles. The number of rotatable bonds is 5. The molecular formula is C13H12F2N2O3S2. The van der Waals surface area contributed by atoms with E-state index in [2.05, 4.69) is 10.3 Å². The molecule has 1 aromatic carbocycles. The van der Waals surface area contributed by atoms with Gasteiger partial charge in [0.05, 0.1) is 11.3 Å². The lowest BCUT2D eigenvalue weighted by atomic mass is 10.1. The normalized spacial score (nSPS) is 11.6. The summed E-state index contributed by atoms with van der Waals surface area (Å²) in [4.78, 5) is 16.3. The summed E-state index contributed by atoms with van der Waals surface area (Å²) >= 11 is 1.33. The van der Waals surface area contributed by atoms with E-state index < -0.39 is 20.5 Å². The zero-order chi connectivity index (χ0) is 16.3. The van der Waals surface area contributed by atoms with Crippen molar-refractivity contribution in [2.24, 2.45) is 0 Å². The zero-order valence-corrected chi connectivity index (χ0v) is 13.0. The van der Waals surface area contributed by atoms with Crippen LogP contribution in [0.15, 0.2) is 35.4 Å². The number of thiazole rings is 1. The molecule has 118 valence electrons. The molecule has 0 bridgehead atoms. The Morgan fingerprint density at radius 3 is 2.45 bits per heavy atom. The van der Waals surface area contributed by atoms with Crippen molar-refractivity contribution in [1.29, 1.82) is 0 Å². The SMILES string of the molecule is Cc1cnc(NC(=O)Cc2ccc(S(=O)(=O)C(F)F)cc2)s1. The van der Waals surface area contributed by atoms with Crippen molar-refractivity contribution in [3.8, 4) is 0 Å². The molecule has 0 unspecified atom stereocenters. The van der Waals surface area contributed by atoms with E-state index in [0.29, 0.717) is 10.7 Å². The van der Waals surface area contributed by atoms with E-state index in [9.17, 15) is 22.0 Å². The molecule has 1 amide bonds. The Morgan fingerprint density at radius 1 is 1.32 bits per heavy atom. The number of nitrogens with one attached hydrogen (secondary N) is 1. The molecule has 2 rings (SSSR count). The minimum Gasteiger partial charge on any atom is -0.302 e. The summed E-state index contributed by atoms with van der Waals surface area (Å²) in [5.74, 6) is -3.78. The Bertz CT molecular complexity index is 771. The molecule has 1 aromatic heterocycles. The van der Waals surface area contributed by atoms with Crippen molar-refractivity contribution in [3.05, 3.63) is 40.9 Å². The quantitative estimate of drug-likeness (QED) is 0.903. The van der Waals surface area contributed by atoms with Gasteiger partial charge in [-0.2, -0.15) is 8.78 Å². The number of aryl methyl sites for hydroxylation is 1. The lowest BCUT2D eigenvalue weighted by Crippen LogP contribution is -2.14. The highest BCUT2D eigenvalue weighted by molar-refractivity contribution is 7.91. The van der Waals surface area contributed by atoms with E-state index in [1.54, 1.807) is 6.20 Å². The summed E-state index contributed by atoms with van der Waals surface area (Å²) in [6, 6.07) is 4.80. The number of anilines is 1. The molecule has 0 aliphatic rings. The van der Waals surface area contributed by atoms with Gasteiger partial charge in [0.15, 0.2) is 5.13 Å². The first-order chi connectivity index (χ1) is 10.3. The van der Waals surface area contributed by atoms with Crippen molar-refractivity contribution in [1.82, 2.24) is 4.98 Å². The van der Waals surface area contributed by atoms with Crippen LogP contribution in [0.3, 0.4) is 0 Å². The predicted molar refractivity (Wildman–Crippen MR) is 78.8 cm³/mol. The maximum Gasteiger partial charge on any atom is 0.341 e. The Morgan fingerprint density at radius 2 is 1.95 bits per heavy atom. The summed E-state index contributed by atoms with van der Waals surface area (Å²) in [6.45, 7) is 1.86. The van der Waals surface area contributed by atoms with E-state index in [1.165, 1.54) is 23.5 Å². The lowest BCUT2D eigenvalue weighted by molar-refractivity contribution is -0.115. The van der Waals surface area contributed by atoms with Crippen molar-refractivity contribution in [2.45, 2.75) is 24.0 Å². The molecule has 0 aliphatic carbocycles. The van der Waals surface area contributed by atoms with Gasteiger partial charge in [-0.15, -0.1) is 11.3 Å². The van der Waals surface area contributed by atoms with E-state index >= 15 is 0 Å². The van der Waals surface area contributed by atoms with Crippen molar-refractivity contribution in [3.63, 3.8) is 0 Å². The van der Waals surface area contributed by atoms with Crippen LogP contribution in [0.25, 0.3) is 0 Å². The summed E-state index contributed by atoms with van der Waals surface area (Å²) < 4.78 is 47.3. The van der Waals surface area contributed by atoms with Crippen LogP contribution in [0.5, 0.6) is 0 Å². The number of benzene rings is 1. The fourth-order valence-corrected chi connectivity index (χ4v) is 3.06. The molecule has 0 spiro atoms. The van der Waals surface area contributed by atoms with Gasteiger partial charge in [-0.3, -0.25) is 4.79 Å². The summed E-state index contributed by atoms with van der Waals surface area (Å²) in [5.41, 5.74) is 0.513. The van der Waals surface area contributed by atoms with Crippen molar-refractivity contribution >= 4 is 32.2 Å². The molecule has 0 aliphatic heterocycles. The monoisotopic (exact) mass is 346 g/mol. The molecule has 2 aromatic rings. The molecule has 9 heteroatoms. The van der Waals surface area contributed by atoms with Crippen LogP contribution in [0.4, 0.5) is 13.9 Å². The summed E-state index contributed by atoms with van der Waals surface area (Å²) in [5, 5.41) is 3.08. The van der Waals surface area contributed by atoms with Gasteiger partial charge in [0.2, 0.25) is 15.7 Å². The van der Waals surface area contributed by atoms with Gasteiger partial charge in [-0.25, -0.2) is 13.4 Å². The molecule has 0 atom stereocenters. The van der Waals surface area contributed by atoms with Gasteiger partial charge in [0.25, 0.3) is 0 Å². The van der Waals surface area contributed by atoms with Crippen LogP contribution >= 0.6 is 11.3 Å². The van der Waals surface area contributed by atoms with Crippen molar-refractivity contribution in [2.75, 3.05) is 5.32 Å². The molecule has 0 radical (unpaired) electrons. The molecular weight excluding hydrogens is 334 g/mol. The summed E-state index contributed by atoms with van der Waals surface area (Å²) in [6.07, 6.45) is 1.62. The van der Waals surface area contributed by atoms with Gasteiger partial charge >= 0.3 is 5.76 Å². The Labute approximate surface area is 129 Å². The van der Waals surface area contributed by atoms with Crippen LogP contribution in [-0.2, 0) is 21.1 Å². The van der Waals surface area contributed by atoms with Crippen LogP contribution in [-0.4, -0.2) is 25.1 Å². The van der Waals surface area contributed by atoms with E-state index in [0.717, 1.165) is 17.0 Å². The first-order valence-corrected chi connectivity index (χ1v) is 8.48. The third kappa shape index (κ3) is 3.86. The molecule has 0 fully saturated rings.